The van der Waals surface area contributed by atoms with Crippen LogP contribution in [0.1, 0.15) is 35.2 Å². The number of piperidine rings is 1. The highest BCUT2D eigenvalue weighted by Gasteiger charge is 2.18. The zero-order valence-corrected chi connectivity index (χ0v) is 17.0. The van der Waals surface area contributed by atoms with Crippen LogP contribution in [-0.2, 0) is 0 Å². The Balaban J connectivity index is 0.00000240. The van der Waals surface area contributed by atoms with Gasteiger partial charge in [-0.05, 0) is 61.0 Å². The molecule has 0 spiro atoms. The first-order chi connectivity index (χ1) is 13.7. The Bertz CT molecular complexity index is 980. The smallest absolute Gasteiger partial charge is 0.276 e. The number of amides is 1. The van der Waals surface area contributed by atoms with E-state index < -0.39 is 0 Å². The lowest BCUT2D eigenvalue weighted by Crippen LogP contribution is -2.32. The molecule has 2 aromatic heterocycles. The molecule has 3 heterocycles. The maximum Gasteiger partial charge on any atom is 0.276 e. The van der Waals surface area contributed by atoms with E-state index in [0.717, 1.165) is 25.9 Å². The Morgan fingerprint density at radius 1 is 1.34 bits per heavy atom. The monoisotopic (exact) mass is 418 g/mol. The van der Waals surface area contributed by atoms with E-state index in [1.165, 1.54) is 0 Å². The van der Waals surface area contributed by atoms with E-state index in [0.29, 0.717) is 28.6 Å². The minimum Gasteiger partial charge on any atom is -0.494 e. The van der Waals surface area contributed by atoms with Gasteiger partial charge in [0.05, 0.1) is 13.2 Å². The van der Waals surface area contributed by atoms with E-state index in [1.807, 2.05) is 10.9 Å². The van der Waals surface area contributed by atoms with Crippen LogP contribution in [-0.4, -0.2) is 56.1 Å². The standard InChI is InChI=1S/C18H22N8O2.ClH/c1-12-21-23-24-26(12)16-10-13(5-6-17(16)28-2)20-18(27)15-7-9-25(22-15)14-4-3-8-19-11-14;/h5-7,9-10,14,19H,3-4,8,11H2,1-2H3,(H,20,27);1H. The van der Waals surface area contributed by atoms with Crippen molar-refractivity contribution in [3.8, 4) is 11.4 Å². The summed E-state index contributed by atoms with van der Waals surface area (Å²) in [6.07, 6.45) is 4.02. The number of hydrogen-bond acceptors (Lipinski definition) is 7. The van der Waals surface area contributed by atoms with Gasteiger partial charge in [-0.2, -0.15) is 9.78 Å². The summed E-state index contributed by atoms with van der Waals surface area (Å²) in [4.78, 5) is 12.6. The average molecular weight is 419 g/mol. The molecule has 29 heavy (non-hydrogen) atoms. The normalized spacial score (nSPS) is 16.1. The lowest BCUT2D eigenvalue weighted by molar-refractivity contribution is 0.102. The molecule has 1 unspecified atom stereocenters. The van der Waals surface area contributed by atoms with E-state index in [4.69, 9.17) is 4.74 Å². The molecular formula is C18H23ClN8O2. The number of methoxy groups -OCH3 is 1. The van der Waals surface area contributed by atoms with Crippen molar-refractivity contribution in [1.29, 1.82) is 0 Å². The molecule has 1 atom stereocenters. The number of anilines is 1. The highest BCUT2D eigenvalue weighted by Crippen LogP contribution is 2.26. The third-order valence-electron chi connectivity index (χ3n) is 4.78. The number of halogens is 1. The van der Waals surface area contributed by atoms with Crippen LogP contribution < -0.4 is 15.4 Å². The van der Waals surface area contributed by atoms with Crippen molar-refractivity contribution in [1.82, 2.24) is 35.3 Å². The predicted octanol–water partition coefficient (Wildman–Crippen LogP) is 1.77. The molecule has 0 bridgehead atoms. The minimum atomic E-state index is -0.271. The Labute approximate surface area is 174 Å². The maximum absolute atomic E-state index is 12.6. The molecule has 0 aliphatic carbocycles. The van der Waals surface area contributed by atoms with Crippen molar-refractivity contribution in [2.24, 2.45) is 0 Å². The molecule has 10 nitrogen and oxygen atoms in total. The van der Waals surface area contributed by atoms with Gasteiger partial charge in [0.2, 0.25) is 0 Å². The minimum absolute atomic E-state index is 0. The second-order valence-electron chi connectivity index (χ2n) is 6.66. The third kappa shape index (κ3) is 4.38. The quantitative estimate of drug-likeness (QED) is 0.649. The first kappa shape index (κ1) is 20.7. The van der Waals surface area contributed by atoms with Gasteiger partial charge >= 0.3 is 0 Å². The molecule has 4 rings (SSSR count). The summed E-state index contributed by atoms with van der Waals surface area (Å²) in [5.74, 6) is 0.941. The molecule has 1 aliphatic heterocycles. The number of aromatic nitrogens is 6. The predicted molar refractivity (Wildman–Crippen MR) is 109 cm³/mol. The van der Waals surface area contributed by atoms with Crippen LogP contribution in [0.25, 0.3) is 5.69 Å². The first-order valence-corrected chi connectivity index (χ1v) is 9.16. The number of nitrogens with one attached hydrogen (secondary N) is 2. The van der Waals surface area contributed by atoms with Crippen molar-refractivity contribution in [3.05, 3.63) is 42.0 Å². The highest BCUT2D eigenvalue weighted by atomic mass is 35.5. The van der Waals surface area contributed by atoms with Gasteiger partial charge in [0.25, 0.3) is 5.91 Å². The molecule has 1 aliphatic rings. The Hall–Kier alpha value is -2.98. The van der Waals surface area contributed by atoms with Gasteiger partial charge in [-0.25, -0.2) is 0 Å². The van der Waals surface area contributed by atoms with Crippen LogP contribution >= 0.6 is 12.4 Å². The Morgan fingerprint density at radius 2 is 2.21 bits per heavy atom. The van der Waals surface area contributed by atoms with Gasteiger partial charge in [0.15, 0.2) is 11.5 Å². The van der Waals surface area contributed by atoms with Gasteiger partial charge in [-0.15, -0.1) is 17.5 Å². The van der Waals surface area contributed by atoms with Crippen LogP contribution in [0, 0.1) is 6.92 Å². The molecule has 1 saturated heterocycles. The lowest BCUT2D eigenvalue weighted by Gasteiger charge is -2.22. The molecule has 1 aromatic carbocycles. The van der Waals surface area contributed by atoms with E-state index in [2.05, 4.69) is 31.3 Å². The van der Waals surface area contributed by atoms with Crippen LogP contribution in [0.3, 0.4) is 0 Å². The second kappa shape index (κ2) is 9.01. The first-order valence-electron chi connectivity index (χ1n) is 9.16. The third-order valence-corrected chi connectivity index (χ3v) is 4.78. The Morgan fingerprint density at radius 3 is 2.90 bits per heavy atom. The highest BCUT2D eigenvalue weighted by molar-refractivity contribution is 6.03. The van der Waals surface area contributed by atoms with Crippen LogP contribution in [0.2, 0.25) is 0 Å². The number of hydrogen-bond donors (Lipinski definition) is 2. The molecule has 1 amide bonds. The van der Waals surface area contributed by atoms with Gasteiger partial charge < -0.3 is 15.4 Å². The van der Waals surface area contributed by atoms with Crippen molar-refractivity contribution >= 4 is 24.0 Å². The molecular weight excluding hydrogens is 396 g/mol. The molecule has 0 radical (unpaired) electrons. The lowest BCUT2D eigenvalue weighted by atomic mass is 10.1. The fraction of sp³-hybridized carbons (Fsp3) is 0.389. The van der Waals surface area contributed by atoms with Crippen LogP contribution in [0.15, 0.2) is 30.5 Å². The van der Waals surface area contributed by atoms with Crippen molar-refractivity contribution in [3.63, 3.8) is 0 Å². The number of carbonyl (C=O) groups is 1. The Kier molecular flexibility index (Phi) is 6.45. The van der Waals surface area contributed by atoms with Gasteiger partial charge in [0.1, 0.15) is 11.4 Å². The van der Waals surface area contributed by atoms with Crippen molar-refractivity contribution in [2.45, 2.75) is 25.8 Å². The average Bonchev–Trinajstić information content (AvgIpc) is 3.38. The number of aryl methyl sites for hydroxylation is 1. The second-order valence-corrected chi connectivity index (χ2v) is 6.66. The summed E-state index contributed by atoms with van der Waals surface area (Å²) in [5.41, 5.74) is 1.62. The van der Waals surface area contributed by atoms with Crippen LogP contribution in [0.5, 0.6) is 5.75 Å². The summed E-state index contributed by atoms with van der Waals surface area (Å²) >= 11 is 0. The molecule has 3 aromatic rings. The van der Waals surface area contributed by atoms with Gasteiger partial charge in [-0.3, -0.25) is 9.48 Å². The topological polar surface area (TPSA) is 112 Å². The van der Waals surface area contributed by atoms with Gasteiger partial charge in [-0.1, -0.05) is 0 Å². The van der Waals surface area contributed by atoms with Crippen molar-refractivity contribution < 1.29 is 9.53 Å². The summed E-state index contributed by atoms with van der Waals surface area (Å²) in [6.45, 7) is 3.69. The molecule has 1 fully saturated rings. The number of ether oxygens (including phenoxy) is 1. The number of nitrogens with zero attached hydrogens (tertiary/aromatic N) is 6. The number of tetrazole rings is 1. The number of benzene rings is 1. The van der Waals surface area contributed by atoms with E-state index in [1.54, 1.807) is 43.0 Å². The summed E-state index contributed by atoms with van der Waals surface area (Å²) in [5, 5.41) is 22.2. The molecule has 0 saturated carbocycles. The SMILES string of the molecule is COc1ccc(NC(=O)c2ccn(C3CCCNC3)n2)cc1-n1nnnc1C.Cl. The largest absolute Gasteiger partial charge is 0.494 e. The summed E-state index contributed by atoms with van der Waals surface area (Å²) in [6, 6.07) is 7.31. The van der Waals surface area contributed by atoms with E-state index in [-0.39, 0.29) is 24.4 Å². The fourth-order valence-electron chi connectivity index (χ4n) is 3.30. The summed E-state index contributed by atoms with van der Waals surface area (Å²) < 4.78 is 8.81. The number of rotatable bonds is 5. The molecule has 2 N–H and O–H groups in total. The molecule has 11 heteroatoms. The van der Waals surface area contributed by atoms with Crippen molar-refractivity contribution in [2.75, 3.05) is 25.5 Å². The van der Waals surface area contributed by atoms with Crippen LogP contribution in [0.4, 0.5) is 5.69 Å². The molecule has 154 valence electrons. The zero-order chi connectivity index (χ0) is 19.5. The van der Waals surface area contributed by atoms with Gasteiger partial charge in [0, 0.05) is 18.4 Å². The van der Waals surface area contributed by atoms with E-state index >= 15 is 0 Å². The van der Waals surface area contributed by atoms with E-state index in [9.17, 15) is 4.79 Å². The number of carbonyl (C=O) groups excluding carboxylic acids is 1. The maximum atomic E-state index is 12.6. The summed E-state index contributed by atoms with van der Waals surface area (Å²) in [7, 11) is 1.57. The fourth-order valence-corrected chi connectivity index (χ4v) is 3.30. The zero-order valence-electron chi connectivity index (χ0n) is 16.2.